The van der Waals surface area contributed by atoms with E-state index in [0.717, 1.165) is 25.1 Å². The van der Waals surface area contributed by atoms with Crippen molar-refractivity contribution >= 4 is 5.97 Å². The number of piperidine rings is 1. The lowest BCUT2D eigenvalue weighted by Crippen LogP contribution is -2.44. The summed E-state index contributed by atoms with van der Waals surface area (Å²) < 4.78 is 5.75. The number of carbonyl (C=O) groups excluding carboxylic acids is 1. The number of esters is 1. The second-order valence-electron chi connectivity index (χ2n) is 9.65. The van der Waals surface area contributed by atoms with Crippen molar-refractivity contribution in [3.05, 3.63) is 65.7 Å². The number of hydrogen-bond acceptors (Lipinski definition) is 4. The third-order valence-electron chi connectivity index (χ3n) is 5.83. The van der Waals surface area contributed by atoms with Crippen molar-refractivity contribution in [1.82, 2.24) is 4.90 Å². The van der Waals surface area contributed by atoms with Crippen LogP contribution < -0.4 is 0 Å². The first kappa shape index (κ1) is 25.9. The highest BCUT2D eigenvalue weighted by Gasteiger charge is 2.32. The Morgan fingerprint density at radius 2 is 1.81 bits per heavy atom. The van der Waals surface area contributed by atoms with Gasteiger partial charge in [-0.3, -0.25) is 4.79 Å². The van der Waals surface area contributed by atoms with Gasteiger partial charge in [-0.1, -0.05) is 63.2 Å². The molecule has 2 aromatic rings. The lowest BCUT2D eigenvalue weighted by molar-refractivity contribution is -0.160. The van der Waals surface area contributed by atoms with Gasteiger partial charge >= 0.3 is 5.97 Å². The maximum absolute atomic E-state index is 13.0. The van der Waals surface area contributed by atoms with Crippen LogP contribution in [0.15, 0.2) is 54.6 Å². The van der Waals surface area contributed by atoms with Gasteiger partial charge in [0.1, 0.15) is 11.4 Å². The summed E-state index contributed by atoms with van der Waals surface area (Å²) in [5, 5.41) is 9.83. The predicted molar refractivity (Wildman–Crippen MR) is 132 cm³/mol. The number of rotatable bonds is 6. The maximum atomic E-state index is 13.0. The zero-order valence-electron chi connectivity index (χ0n) is 20.7. The molecule has 0 saturated carbocycles. The summed E-state index contributed by atoms with van der Waals surface area (Å²) in [4.78, 5) is 15.4. The molecule has 2 aromatic carbocycles. The Kier molecular flexibility index (Phi) is 9.77. The Bertz CT molecular complexity index is 828. The number of aromatic hydroxyl groups is 1. The van der Waals surface area contributed by atoms with Crippen molar-refractivity contribution in [2.75, 3.05) is 19.6 Å². The lowest BCUT2D eigenvalue weighted by atomic mass is 9.81. The summed E-state index contributed by atoms with van der Waals surface area (Å²) in [6.07, 6.45) is 1.72. The van der Waals surface area contributed by atoms with E-state index in [0.29, 0.717) is 30.6 Å². The summed E-state index contributed by atoms with van der Waals surface area (Å²) in [5.41, 5.74) is 1.88. The smallest absolute Gasteiger partial charge is 0.311 e. The first-order valence-electron chi connectivity index (χ1n) is 12.0. The quantitative estimate of drug-likeness (QED) is 0.557. The topological polar surface area (TPSA) is 49.8 Å². The van der Waals surface area contributed by atoms with E-state index in [4.69, 9.17) is 4.74 Å². The number of hydrogen-bond donors (Lipinski definition) is 1. The van der Waals surface area contributed by atoms with Gasteiger partial charge in [0, 0.05) is 13.1 Å². The van der Waals surface area contributed by atoms with Gasteiger partial charge in [0.05, 0.1) is 5.92 Å². The number of phenols is 1. The standard InChI is InChI=1S/C26H35NO3.C2H6/c1-19-17-27(14-13-24(19)21-11-8-12-23(28)16-21)18-22(25(29)30-26(2,3)4)15-20-9-6-5-7-10-20;1-2/h5-12,16,19,22,24,28H,13-15,17-18H2,1-4H3;1-2H3. The van der Waals surface area contributed by atoms with Crippen molar-refractivity contribution in [3.63, 3.8) is 0 Å². The normalized spacial score (nSPS) is 20.1. The van der Waals surface area contributed by atoms with Crippen LogP contribution in [0.25, 0.3) is 0 Å². The average Bonchev–Trinajstić information content (AvgIpc) is 2.74. The maximum Gasteiger partial charge on any atom is 0.311 e. The van der Waals surface area contributed by atoms with Gasteiger partial charge in [-0.2, -0.15) is 0 Å². The summed E-state index contributed by atoms with van der Waals surface area (Å²) in [6.45, 7) is 14.6. The molecule has 0 aromatic heterocycles. The van der Waals surface area contributed by atoms with Crippen LogP contribution in [-0.4, -0.2) is 41.2 Å². The van der Waals surface area contributed by atoms with Gasteiger partial charge < -0.3 is 14.7 Å². The van der Waals surface area contributed by atoms with E-state index in [9.17, 15) is 9.90 Å². The molecule has 1 aliphatic rings. The van der Waals surface area contributed by atoms with E-state index in [-0.39, 0.29) is 11.9 Å². The van der Waals surface area contributed by atoms with Crippen LogP contribution in [0.1, 0.15) is 65.0 Å². The molecule has 3 unspecified atom stereocenters. The second kappa shape index (κ2) is 12.1. The monoisotopic (exact) mass is 439 g/mol. The first-order chi connectivity index (χ1) is 15.2. The molecule has 0 aliphatic carbocycles. The van der Waals surface area contributed by atoms with Crippen LogP contribution in [0, 0.1) is 11.8 Å². The summed E-state index contributed by atoms with van der Waals surface area (Å²) in [6, 6.07) is 17.8. The van der Waals surface area contributed by atoms with Gasteiger partial charge in [-0.15, -0.1) is 0 Å². The van der Waals surface area contributed by atoms with Crippen molar-refractivity contribution in [1.29, 1.82) is 0 Å². The van der Waals surface area contributed by atoms with Crippen molar-refractivity contribution in [2.45, 2.75) is 65.9 Å². The van der Waals surface area contributed by atoms with Crippen LogP contribution in [0.4, 0.5) is 0 Å². The summed E-state index contributed by atoms with van der Waals surface area (Å²) in [7, 11) is 0. The lowest BCUT2D eigenvalue weighted by Gasteiger charge is -2.38. The Morgan fingerprint density at radius 1 is 1.12 bits per heavy atom. The highest BCUT2D eigenvalue weighted by molar-refractivity contribution is 5.73. The van der Waals surface area contributed by atoms with Gasteiger partial charge in [0.2, 0.25) is 0 Å². The average molecular weight is 440 g/mol. The van der Waals surface area contributed by atoms with Crippen molar-refractivity contribution in [2.24, 2.45) is 11.8 Å². The highest BCUT2D eigenvalue weighted by atomic mass is 16.6. The minimum absolute atomic E-state index is 0.117. The third-order valence-corrected chi connectivity index (χ3v) is 5.83. The molecule has 0 spiro atoms. The zero-order chi connectivity index (χ0) is 23.7. The minimum atomic E-state index is -0.485. The first-order valence-corrected chi connectivity index (χ1v) is 12.0. The van der Waals surface area contributed by atoms with Crippen molar-refractivity contribution < 1.29 is 14.6 Å². The Labute approximate surface area is 194 Å². The second-order valence-corrected chi connectivity index (χ2v) is 9.65. The van der Waals surface area contributed by atoms with E-state index in [1.165, 1.54) is 5.56 Å². The highest BCUT2D eigenvalue weighted by Crippen LogP contribution is 2.34. The van der Waals surface area contributed by atoms with Gasteiger partial charge in [0.25, 0.3) is 0 Å². The molecule has 1 saturated heterocycles. The van der Waals surface area contributed by atoms with Crippen LogP contribution in [0.3, 0.4) is 0 Å². The summed E-state index contributed by atoms with van der Waals surface area (Å²) in [5.74, 6) is 0.916. The van der Waals surface area contributed by atoms with Crippen LogP contribution in [0.5, 0.6) is 5.75 Å². The molecule has 1 N–H and O–H groups in total. The van der Waals surface area contributed by atoms with Gasteiger partial charge in [-0.25, -0.2) is 0 Å². The number of phenolic OH excluding ortho intramolecular Hbond substituents is 1. The molecule has 1 heterocycles. The third kappa shape index (κ3) is 7.98. The fourth-order valence-corrected chi connectivity index (χ4v) is 4.47. The van der Waals surface area contributed by atoms with Gasteiger partial charge in [-0.05, 0) is 75.3 Å². The Morgan fingerprint density at radius 3 is 2.41 bits per heavy atom. The number of likely N-dealkylation sites (tertiary alicyclic amines) is 1. The fourth-order valence-electron chi connectivity index (χ4n) is 4.47. The van der Waals surface area contributed by atoms with Crippen LogP contribution in [0.2, 0.25) is 0 Å². The number of ether oxygens (including phenoxy) is 1. The molecular weight excluding hydrogens is 398 g/mol. The molecular formula is C28H41NO3. The number of nitrogens with zero attached hydrogens (tertiary/aromatic N) is 1. The molecule has 1 fully saturated rings. The molecule has 4 nitrogen and oxygen atoms in total. The van der Waals surface area contributed by atoms with Crippen LogP contribution in [-0.2, 0) is 16.0 Å². The van der Waals surface area contributed by atoms with Gasteiger partial charge in [0.15, 0.2) is 0 Å². The largest absolute Gasteiger partial charge is 0.508 e. The van der Waals surface area contributed by atoms with E-state index >= 15 is 0 Å². The molecule has 3 rings (SSSR count). The molecule has 176 valence electrons. The van der Waals surface area contributed by atoms with E-state index in [2.05, 4.69) is 30.0 Å². The van der Waals surface area contributed by atoms with E-state index < -0.39 is 5.60 Å². The molecule has 3 atom stereocenters. The van der Waals surface area contributed by atoms with E-state index in [1.54, 1.807) is 6.07 Å². The van der Waals surface area contributed by atoms with Crippen molar-refractivity contribution in [3.8, 4) is 5.75 Å². The summed E-state index contributed by atoms with van der Waals surface area (Å²) >= 11 is 0. The van der Waals surface area contributed by atoms with E-state index in [1.807, 2.05) is 65.0 Å². The minimum Gasteiger partial charge on any atom is -0.508 e. The molecule has 1 aliphatic heterocycles. The molecule has 0 radical (unpaired) electrons. The number of carbonyl (C=O) groups is 1. The molecule has 32 heavy (non-hydrogen) atoms. The fraction of sp³-hybridized carbons (Fsp3) is 0.536. The number of benzene rings is 2. The Balaban J connectivity index is 0.00000176. The molecule has 0 amide bonds. The predicted octanol–water partition coefficient (Wildman–Crippen LogP) is 6.04. The molecule has 4 heteroatoms. The SMILES string of the molecule is CC.CC1CN(CC(Cc2ccccc2)C(=O)OC(C)(C)C)CCC1c1cccc(O)c1. The zero-order valence-corrected chi connectivity index (χ0v) is 20.7. The molecule has 0 bridgehead atoms. The van der Waals surface area contributed by atoms with Crippen LogP contribution >= 0.6 is 0 Å². The Hall–Kier alpha value is -2.33.